The van der Waals surface area contributed by atoms with Crippen LogP contribution in [0.2, 0.25) is 10.0 Å². The molecule has 0 bridgehead atoms. The van der Waals surface area contributed by atoms with Crippen molar-refractivity contribution in [2.75, 3.05) is 5.32 Å². The largest absolute Gasteiger partial charge is 0.320 e. The van der Waals surface area contributed by atoms with E-state index in [0.29, 0.717) is 15.6 Å². The Labute approximate surface area is 190 Å². The molecule has 8 nitrogen and oxygen atoms in total. The molecule has 0 atom stereocenters. The van der Waals surface area contributed by atoms with Crippen molar-refractivity contribution >= 4 is 58.3 Å². The lowest BCUT2D eigenvalue weighted by Gasteiger charge is -2.07. The number of carbonyl (C=O) groups excluding carboxylic acids is 1. The summed E-state index contributed by atoms with van der Waals surface area (Å²) in [5, 5.41) is 24.2. The molecule has 11 heteroatoms. The fourth-order valence-electron chi connectivity index (χ4n) is 2.39. The van der Waals surface area contributed by atoms with Crippen LogP contribution < -0.4 is 5.32 Å². The average molecular weight is 472 g/mol. The maximum Gasteiger partial charge on any atom is 0.283 e. The van der Waals surface area contributed by atoms with Gasteiger partial charge in [0, 0.05) is 18.5 Å². The number of amides is 1. The minimum absolute atomic E-state index is 0.134. The average Bonchev–Trinajstić information content (AvgIpc) is 2.76. The van der Waals surface area contributed by atoms with E-state index in [9.17, 15) is 20.2 Å². The zero-order valence-electron chi connectivity index (χ0n) is 15.5. The fourth-order valence-corrected chi connectivity index (χ4v) is 3.54. The third-order valence-corrected chi connectivity index (χ3v) is 5.58. The standard InChI is InChI=1S/C20H11Cl2N5O3S/c21-14-3-1-4-15(18(14)22)26-19(28)13(11-23)9-12-5-6-17(16(10-12)27(29)30)31-20-24-7-2-8-25-20/h1-10H,(H,26,28)/b13-9-. The van der Waals surface area contributed by atoms with Crippen LogP contribution in [0.25, 0.3) is 6.08 Å². The van der Waals surface area contributed by atoms with Gasteiger partial charge in [0.1, 0.15) is 11.6 Å². The monoisotopic (exact) mass is 471 g/mol. The maximum atomic E-state index is 12.5. The van der Waals surface area contributed by atoms with Gasteiger partial charge in [0.05, 0.1) is 25.6 Å². The second-order valence-electron chi connectivity index (χ2n) is 5.84. The summed E-state index contributed by atoms with van der Waals surface area (Å²) in [7, 11) is 0. The number of nitrogens with one attached hydrogen (secondary N) is 1. The fraction of sp³-hybridized carbons (Fsp3) is 0. The van der Waals surface area contributed by atoms with E-state index in [1.807, 2.05) is 0 Å². The number of halogens is 2. The molecule has 0 radical (unpaired) electrons. The first-order valence-electron chi connectivity index (χ1n) is 8.49. The Balaban J connectivity index is 1.89. The van der Waals surface area contributed by atoms with Gasteiger partial charge in [-0.3, -0.25) is 14.9 Å². The summed E-state index contributed by atoms with van der Waals surface area (Å²) >= 11 is 13.0. The zero-order valence-corrected chi connectivity index (χ0v) is 17.8. The molecule has 0 fully saturated rings. The predicted octanol–water partition coefficient (Wildman–Crippen LogP) is 5.39. The number of nitro groups is 1. The molecule has 154 valence electrons. The highest BCUT2D eigenvalue weighted by Gasteiger charge is 2.18. The van der Waals surface area contributed by atoms with Crippen molar-refractivity contribution in [2.45, 2.75) is 10.1 Å². The highest BCUT2D eigenvalue weighted by molar-refractivity contribution is 7.99. The number of aromatic nitrogens is 2. The number of rotatable bonds is 6. The van der Waals surface area contributed by atoms with E-state index in [1.54, 1.807) is 30.3 Å². The highest BCUT2D eigenvalue weighted by Crippen LogP contribution is 2.34. The molecule has 3 aromatic rings. The van der Waals surface area contributed by atoms with Crippen LogP contribution in [0.4, 0.5) is 11.4 Å². The Kier molecular flexibility index (Phi) is 7.20. The molecule has 1 heterocycles. The van der Waals surface area contributed by atoms with Crippen molar-refractivity contribution in [1.82, 2.24) is 9.97 Å². The van der Waals surface area contributed by atoms with Crippen LogP contribution in [0.5, 0.6) is 0 Å². The van der Waals surface area contributed by atoms with Crippen molar-refractivity contribution in [1.29, 1.82) is 5.26 Å². The number of nitriles is 1. The Morgan fingerprint density at radius 1 is 1.19 bits per heavy atom. The minimum Gasteiger partial charge on any atom is -0.320 e. The third-order valence-electron chi connectivity index (χ3n) is 3.80. The molecular weight excluding hydrogens is 461 g/mol. The summed E-state index contributed by atoms with van der Waals surface area (Å²) < 4.78 is 0. The van der Waals surface area contributed by atoms with Crippen LogP contribution in [0, 0.1) is 21.4 Å². The first kappa shape index (κ1) is 22.2. The molecule has 1 amide bonds. The van der Waals surface area contributed by atoms with Crippen LogP contribution >= 0.6 is 35.0 Å². The molecule has 0 aliphatic rings. The predicted molar refractivity (Wildman–Crippen MR) is 118 cm³/mol. The van der Waals surface area contributed by atoms with Crippen LogP contribution in [-0.2, 0) is 4.79 Å². The van der Waals surface area contributed by atoms with Crippen LogP contribution in [0.15, 0.2) is 70.5 Å². The Morgan fingerprint density at radius 2 is 1.94 bits per heavy atom. The molecule has 0 saturated carbocycles. The number of hydrogen-bond acceptors (Lipinski definition) is 7. The molecule has 0 spiro atoms. The van der Waals surface area contributed by atoms with Crippen molar-refractivity contribution in [3.05, 3.63) is 86.2 Å². The maximum absolute atomic E-state index is 12.5. The third kappa shape index (κ3) is 5.58. The molecule has 1 N–H and O–H groups in total. The number of carbonyl (C=O) groups is 1. The Bertz CT molecular complexity index is 1230. The van der Waals surface area contributed by atoms with Crippen molar-refractivity contribution < 1.29 is 9.72 Å². The molecule has 0 saturated heterocycles. The van der Waals surface area contributed by atoms with Gasteiger partial charge in [0.25, 0.3) is 11.6 Å². The highest BCUT2D eigenvalue weighted by atomic mass is 35.5. The Hall–Kier alpha value is -3.45. The van der Waals surface area contributed by atoms with Crippen molar-refractivity contribution in [2.24, 2.45) is 0 Å². The number of nitro benzene ring substituents is 1. The van der Waals surface area contributed by atoms with Crippen LogP contribution in [-0.4, -0.2) is 20.8 Å². The summed E-state index contributed by atoms with van der Waals surface area (Å²) in [6.07, 6.45) is 4.30. The summed E-state index contributed by atoms with van der Waals surface area (Å²) in [5.41, 5.74) is 0.0637. The molecule has 0 aliphatic carbocycles. The smallest absolute Gasteiger partial charge is 0.283 e. The zero-order chi connectivity index (χ0) is 22.4. The lowest BCUT2D eigenvalue weighted by atomic mass is 10.1. The second-order valence-corrected chi connectivity index (χ2v) is 7.64. The summed E-state index contributed by atoms with van der Waals surface area (Å²) in [6, 6.07) is 12.4. The second kappa shape index (κ2) is 10.0. The van der Waals surface area contributed by atoms with Crippen molar-refractivity contribution in [3.63, 3.8) is 0 Å². The van der Waals surface area contributed by atoms with Crippen LogP contribution in [0.1, 0.15) is 5.56 Å². The van der Waals surface area contributed by atoms with Gasteiger partial charge in [0.15, 0.2) is 5.16 Å². The van der Waals surface area contributed by atoms with E-state index in [2.05, 4.69) is 15.3 Å². The van der Waals surface area contributed by atoms with E-state index in [4.69, 9.17) is 23.2 Å². The van der Waals surface area contributed by atoms with Crippen molar-refractivity contribution in [3.8, 4) is 6.07 Å². The number of hydrogen-bond donors (Lipinski definition) is 1. The first-order valence-corrected chi connectivity index (χ1v) is 10.1. The molecular formula is C20H11Cl2N5O3S. The van der Waals surface area contributed by atoms with E-state index in [1.165, 1.54) is 36.7 Å². The molecule has 0 unspecified atom stereocenters. The van der Waals surface area contributed by atoms with E-state index in [0.717, 1.165) is 11.8 Å². The Morgan fingerprint density at radius 3 is 2.61 bits per heavy atom. The molecule has 31 heavy (non-hydrogen) atoms. The lowest BCUT2D eigenvalue weighted by molar-refractivity contribution is -0.387. The first-order chi connectivity index (χ1) is 14.9. The van der Waals surface area contributed by atoms with Gasteiger partial charge in [-0.15, -0.1) is 0 Å². The van der Waals surface area contributed by atoms with Gasteiger partial charge in [0.2, 0.25) is 0 Å². The quantitative estimate of drug-likeness (QED) is 0.168. The number of anilines is 1. The number of benzene rings is 2. The van der Waals surface area contributed by atoms with Crippen LogP contribution in [0.3, 0.4) is 0 Å². The minimum atomic E-state index is -0.731. The number of nitrogens with zero attached hydrogens (tertiary/aromatic N) is 4. The SMILES string of the molecule is N#C/C(=C/c1ccc(Sc2ncccn2)c([N+](=O)[O-])c1)C(=O)Nc1cccc(Cl)c1Cl. The topological polar surface area (TPSA) is 122 Å². The van der Waals surface area contributed by atoms with Gasteiger partial charge in [-0.1, -0.05) is 35.3 Å². The summed E-state index contributed by atoms with van der Waals surface area (Å²) in [5.74, 6) is -0.731. The molecule has 1 aromatic heterocycles. The van der Waals surface area contributed by atoms with E-state index >= 15 is 0 Å². The van der Waals surface area contributed by atoms with E-state index in [-0.39, 0.29) is 27.0 Å². The lowest BCUT2D eigenvalue weighted by Crippen LogP contribution is -2.13. The molecule has 3 rings (SSSR count). The van der Waals surface area contributed by atoms with Gasteiger partial charge >= 0.3 is 0 Å². The van der Waals surface area contributed by atoms with Gasteiger partial charge < -0.3 is 5.32 Å². The van der Waals surface area contributed by atoms with Gasteiger partial charge in [-0.05, 0) is 47.7 Å². The molecule has 0 aliphatic heterocycles. The summed E-state index contributed by atoms with van der Waals surface area (Å²) in [4.78, 5) is 31.8. The molecule has 2 aromatic carbocycles. The normalized spacial score (nSPS) is 10.9. The summed E-state index contributed by atoms with van der Waals surface area (Å²) in [6.45, 7) is 0. The van der Waals surface area contributed by atoms with Gasteiger partial charge in [-0.25, -0.2) is 9.97 Å². The van der Waals surface area contributed by atoms with Gasteiger partial charge in [-0.2, -0.15) is 5.26 Å². The van der Waals surface area contributed by atoms with E-state index < -0.39 is 10.8 Å².